The van der Waals surface area contributed by atoms with E-state index in [0.717, 1.165) is 11.0 Å². The van der Waals surface area contributed by atoms with E-state index in [1.165, 1.54) is 10.5 Å². The number of aromatic nitrogens is 2. The van der Waals surface area contributed by atoms with Crippen LogP contribution in [-0.4, -0.2) is 22.0 Å². The molecule has 1 aromatic carbocycles. The minimum atomic E-state index is -0.422. The van der Waals surface area contributed by atoms with Gasteiger partial charge in [-0.1, -0.05) is 12.1 Å². The summed E-state index contributed by atoms with van der Waals surface area (Å²) in [7, 11) is 0. The van der Waals surface area contributed by atoms with Gasteiger partial charge in [0.1, 0.15) is 11.2 Å². The number of aromatic amines is 1. The van der Waals surface area contributed by atoms with Gasteiger partial charge in [0.05, 0.1) is 17.6 Å². The minimum absolute atomic E-state index is 0.164. The van der Waals surface area contributed by atoms with E-state index in [0.29, 0.717) is 23.4 Å². The summed E-state index contributed by atoms with van der Waals surface area (Å²) >= 11 is 0. The van der Waals surface area contributed by atoms with Crippen LogP contribution in [0.25, 0.3) is 16.7 Å². The van der Waals surface area contributed by atoms with Crippen molar-refractivity contribution in [3.63, 3.8) is 0 Å². The Morgan fingerprint density at radius 2 is 2.10 bits per heavy atom. The SMILES string of the molecule is CCOC(=O)c1c(C)cc(=O)n2c1[nH]c1ccccc12. The number of nitrogens with zero attached hydrogens (tertiary/aromatic N) is 1. The summed E-state index contributed by atoms with van der Waals surface area (Å²) in [6.07, 6.45) is 0. The number of benzene rings is 1. The first-order chi connectivity index (χ1) is 9.63. The lowest BCUT2D eigenvalue weighted by molar-refractivity contribution is 0.0527. The molecule has 2 heterocycles. The molecular weight excluding hydrogens is 256 g/mol. The third-order valence-corrected chi connectivity index (χ3v) is 3.29. The number of para-hydroxylation sites is 2. The van der Waals surface area contributed by atoms with Crippen LogP contribution in [0.2, 0.25) is 0 Å². The molecule has 0 saturated carbocycles. The predicted octanol–water partition coefficient (Wildman–Crippen LogP) is 2.27. The molecule has 0 bridgehead atoms. The highest BCUT2D eigenvalue weighted by molar-refractivity contribution is 5.99. The summed E-state index contributed by atoms with van der Waals surface area (Å²) in [6.45, 7) is 3.79. The summed E-state index contributed by atoms with van der Waals surface area (Å²) in [4.78, 5) is 27.4. The van der Waals surface area contributed by atoms with Gasteiger partial charge in [-0.05, 0) is 31.5 Å². The molecule has 0 spiro atoms. The van der Waals surface area contributed by atoms with Gasteiger partial charge in [-0.3, -0.25) is 9.20 Å². The molecule has 0 saturated heterocycles. The molecule has 0 atom stereocenters. The number of imidazole rings is 1. The van der Waals surface area contributed by atoms with Crippen LogP contribution in [0.4, 0.5) is 0 Å². The fourth-order valence-corrected chi connectivity index (χ4v) is 2.45. The fourth-order valence-electron chi connectivity index (χ4n) is 2.45. The second-order valence-corrected chi connectivity index (χ2v) is 4.59. The van der Waals surface area contributed by atoms with Crippen molar-refractivity contribution < 1.29 is 9.53 Å². The van der Waals surface area contributed by atoms with Crippen molar-refractivity contribution in [2.45, 2.75) is 13.8 Å². The van der Waals surface area contributed by atoms with Crippen molar-refractivity contribution in [3.8, 4) is 0 Å². The van der Waals surface area contributed by atoms with E-state index in [1.54, 1.807) is 13.8 Å². The molecule has 5 nitrogen and oxygen atoms in total. The molecule has 3 aromatic rings. The first-order valence-corrected chi connectivity index (χ1v) is 6.43. The number of pyridine rings is 1. The first-order valence-electron chi connectivity index (χ1n) is 6.43. The second kappa shape index (κ2) is 4.52. The summed E-state index contributed by atoms with van der Waals surface area (Å²) in [5.74, 6) is -0.422. The molecule has 1 N–H and O–H groups in total. The number of aryl methyl sites for hydroxylation is 1. The zero-order valence-corrected chi connectivity index (χ0v) is 11.3. The highest BCUT2D eigenvalue weighted by Crippen LogP contribution is 2.20. The molecule has 0 radical (unpaired) electrons. The van der Waals surface area contributed by atoms with E-state index in [2.05, 4.69) is 4.98 Å². The molecule has 0 aliphatic heterocycles. The predicted molar refractivity (Wildman–Crippen MR) is 76.2 cm³/mol. The van der Waals surface area contributed by atoms with Crippen molar-refractivity contribution in [1.29, 1.82) is 0 Å². The van der Waals surface area contributed by atoms with Crippen LogP contribution in [0.5, 0.6) is 0 Å². The third kappa shape index (κ3) is 1.71. The van der Waals surface area contributed by atoms with Crippen molar-refractivity contribution in [3.05, 3.63) is 51.8 Å². The van der Waals surface area contributed by atoms with E-state index in [4.69, 9.17) is 4.74 Å². The number of hydrogen-bond acceptors (Lipinski definition) is 3. The number of esters is 1. The van der Waals surface area contributed by atoms with E-state index in [1.807, 2.05) is 24.3 Å². The third-order valence-electron chi connectivity index (χ3n) is 3.29. The molecule has 0 aliphatic carbocycles. The second-order valence-electron chi connectivity index (χ2n) is 4.59. The number of rotatable bonds is 2. The minimum Gasteiger partial charge on any atom is -0.462 e. The van der Waals surface area contributed by atoms with Crippen molar-refractivity contribution in [2.75, 3.05) is 6.61 Å². The summed E-state index contributed by atoms with van der Waals surface area (Å²) < 4.78 is 6.59. The number of carbonyl (C=O) groups is 1. The quantitative estimate of drug-likeness (QED) is 0.726. The lowest BCUT2D eigenvalue weighted by Gasteiger charge is -2.06. The fraction of sp³-hybridized carbons (Fsp3) is 0.200. The average molecular weight is 270 g/mol. The van der Waals surface area contributed by atoms with E-state index in [-0.39, 0.29) is 5.56 Å². The normalized spacial score (nSPS) is 11.1. The van der Waals surface area contributed by atoms with Gasteiger partial charge in [-0.25, -0.2) is 4.79 Å². The highest BCUT2D eigenvalue weighted by Gasteiger charge is 2.19. The van der Waals surface area contributed by atoms with Crippen molar-refractivity contribution in [2.24, 2.45) is 0 Å². The average Bonchev–Trinajstić information content (AvgIpc) is 2.78. The zero-order chi connectivity index (χ0) is 14.3. The molecule has 0 fully saturated rings. The number of fused-ring (bicyclic) bond motifs is 3. The van der Waals surface area contributed by atoms with Gasteiger partial charge in [-0.2, -0.15) is 0 Å². The van der Waals surface area contributed by atoms with Gasteiger partial charge >= 0.3 is 5.97 Å². The molecule has 2 aromatic heterocycles. The maximum atomic E-state index is 12.2. The Kier molecular flexibility index (Phi) is 2.82. The zero-order valence-electron chi connectivity index (χ0n) is 11.3. The monoisotopic (exact) mass is 270 g/mol. The van der Waals surface area contributed by atoms with Crippen LogP contribution in [0.3, 0.4) is 0 Å². The molecule has 20 heavy (non-hydrogen) atoms. The van der Waals surface area contributed by atoms with Gasteiger partial charge in [-0.15, -0.1) is 0 Å². The highest BCUT2D eigenvalue weighted by atomic mass is 16.5. The van der Waals surface area contributed by atoms with E-state index in [9.17, 15) is 9.59 Å². The largest absolute Gasteiger partial charge is 0.462 e. The molecule has 3 rings (SSSR count). The van der Waals surface area contributed by atoms with Gasteiger partial charge in [0.2, 0.25) is 0 Å². The maximum Gasteiger partial charge on any atom is 0.342 e. The van der Waals surface area contributed by atoms with Crippen molar-refractivity contribution in [1.82, 2.24) is 9.38 Å². The van der Waals surface area contributed by atoms with Crippen LogP contribution < -0.4 is 5.56 Å². The Balaban J connectivity index is 2.46. The van der Waals surface area contributed by atoms with Gasteiger partial charge in [0.25, 0.3) is 5.56 Å². The molecule has 5 heteroatoms. The topological polar surface area (TPSA) is 63.6 Å². The molecule has 102 valence electrons. The number of nitrogens with one attached hydrogen (secondary N) is 1. The summed E-state index contributed by atoms with van der Waals surface area (Å²) in [5, 5.41) is 0. The van der Waals surface area contributed by atoms with Gasteiger partial charge < -0.3 is 9.72 Å². The number of H-pyrrole nitrogens is 1. The number of ether oxygens (including phenoxy) is 1. The Hall–Kier alpha value is -2.56. The summed E-state index contributed by atoms with van der Waals surface area (Å²) in [5.41, 5.74) is 2.89. The van der Waals surface area contributed by atoms with Gasteiger partial charge in [0, 0.05) is 6.07 Å². The van der Waals surface area contributed by atoms with Crippen LogP contribution in [0.15, 0.2) is 35.1 Å². The molecule has 0 aliphatic rings. The van der Waals surface area contributed by atoms with Crippen LogP contribution in [-0.2, 0) is 4.74 Å². The Morgan fingerprint density at radius 1 is 1.35 bits per heavy atom. The Bertz CT molecular complexity index is 874. The lowest BCUT2D eigenvalue weighted by Crippen LogP contribution is -2.17. The molecule has 0 unspecified atom stereocenters. The van der Waals surface area contributed by atoms with E-state index < -0.39 is 5.97 Å². The molecule has 0 amide bonds. The van der Waals surface area contributed by atoms with E-state index >= 15 is 0 Å². The van der Waals surface area contributed by atoms with Gasteiger partial charge in [0.15, 0.2) is 0 Å². The Morgan fingerprint density at radius 3 is 2.85 bits per heavy atom. The lowest BCUT2D eigenvalue weighted by atomic mass is 10.1. The first kappa shape index (κ1) is 12.5. The summed E-state index contributed by atoms with van der Waals surface area (Å²) in [6, 6.07) is 8.89. The van der Waals surface area contributed by atoms with Crippen LogP contribution in [0.1, 0.15) is 22.8 Å². The standard InChI is InChI=1S/C15H14N2O3/c1-3-20-15(19)13-9(2)8-12(18)17-11-7-5-4-6-10(11)16-14(13)17/h4-8,16H,3H2,1-2H3. The number of hydrogen-bond donors (Lipinski definition) is 1. The Labute approximate surface area is 114 Å². The smallest absolute Gasteiger partial charge is 0.342 e. The van der Waals surface area contributed by atoms with Crippen LogP contribution in [0, 0.1) is 6.92 Å². The maximum absolute atomic E-state index is 12.2. The molecular formula is C15H14N2O3. The van der Waals surface area contributed by atoms with Crippen molar-refractivity contribution >= 4 is 22.6 Å². The number of carbonyl (C=O) groups excluding carboxylic acids is 1. The van der Waals surface area contributed by atoms with Crippen LogP contribution >= 0.6 is 0 Å².